The Bertz CT molecular complexity index is 382. The van der Waals surface area contributed by atoms with Crippen LogP contribution in [0.5, 0.6) is 0 Å². The molecule has 2 rings (SSSR count). The number of carbonyl (C=O) groups is 1. The summed E-state index contributed by atoms with van der Waals surface area (Å²) >= 11 is 0. The molecule has 1 atom stereocenters. The van der Waals surface area contributed by atoms with Gasteiger partial charge in [-0.3, -0.25) is 4.79 Å². The zero-order chi connectivity index (χ0) is 12.3. The maximum absolute atomic E-state index is 12.1. The number of nitrogens with one attached hydrogen (secondary N) is 1. The number of imidazole rings is 1. The lowest BCUT2D eigenvalue weighted by Crippen LogP contribution is -2.46. The van der Waals surface area contributed by atoms with Gasteiger partial charge in [0.1, 0.15) is 5.82 Å². The number of aryl methyl sites for hydroxylation is 1. The highest BCUT2D eigenvalue weighted by Gasteiger charge is 2.19. The van der Waals surface area contributed by atoms with Crippen LogP contribution < -0.4 is 5.32 Å². The van der Waals surface area contributed by atoms with Crippen LogP contribution in [0.3, 0.4) is 0 Å². The van der Waals surface area contributed by atoms with Crippen LogP contribution >= 0.6 is 0 Å². The van der Waals surface area contributed by atoms with E-state index in [-0.39, 0.29) is 11.9 Å². The van der Waals surface area contributed by atoms with Crippen LogP contribution in [0.15, 0.2) is 12.4 Å². The first-order valence-electron chi connectivity index (χ1n) is 6.16. The van der Waals surface area contributed by atoms with E-state index in [0.717, 1.165) is 32.0 Å². The average Bonchev–Trinajstić information content (AvgIpc) is 2.76. The van der Waals surface area contributed by atoms with Gasteiger partial charge in [-0.05, 0) is 13.8 Å². The van der Waals surface area contributed by atoms with E-state index in [1.807, 2.05) is 18.0 Å². The van der Waals surface area contributed by atoms with E-state index < -0.39 is 0 Å². The van der Waals surface area contributed by atoms with Gasteiger partial charge in [-0.1, -0.05) is 0 Å². The van der Waals surface area contributed by atoms with Gasteiger partial charge in [0.15, 0.2) is 0 Å². The molecule has 94 valence electrons. The molecule has 0 saturated carbocycles. The van der Waals surface area contributed by atoms with Crippen LogP contribution in [0.4, 0.5) is 0 Å². The Hall–Kier alpha value is -1.36. The monoisotopic (exact) mass is 236 g/mol. The number of amides is 1. The molecule has 1 fully saturated rings. The molecule has 0 bridgehead atoms. The first kappa shape index (κ1) is 12.1. The molecule has 1 aromatic heterocycles. The number of piperazine rings is 1. The fraction of sp³-hybridized carbons (Fsp3) is 0.667. The molecule has 1 aliphatic heterocycles. The molecule has 5 heteroatoms. The summed E-state index contributed by atoms with van der Waals surface area (Å²) in [4.78, 5) is 18.2. The third-order valence-electron chi connectivity index (χ3n) is 3.28. The molecule has 0 radical (unpaired) electrons. The van der Waals surface area contributed by atoms with Gasteiger partial charge in [0.25, 0.3) is 0 Å². The quantitative estimate of drug-likeness (QED) is 0.835. The summed E-state index contributed by atoms with van der Waals surface area (Å²) < 4.78 is 2.06. The standard InChI is InChI=1S/C12H20N4O/c1-10(16-8-5-14-11(16)2)9-12(17)15-6-3-13-4-7-15/h5,8,10,13H,3-4,6-7,9H2,1-2H3. The van der Waals surface area contributed by atoms with Crippen molar-refractivity contribution in [2.24, 2.45) is 0 Å². The first-order valence-corrected chi connectivity index (χ1v) is 6.16. The van der Waals surface area contributed by atoms with Crippen molar-refractivity contribution in [2.75, 3.05) is 26.2 Å². The van der Waals surface area contributed by atoms with E-state index in [4.69, 9.17) is 0 Å². The summed E-state index contributed by atoms with van der Waals surface area (Å²) in [6.07, 6.45) is 4.27. The van der Waals surface area contributed by atoms with Crippen LogP contribution in [-0.2, 0) is 4.79 Å². The van der Waals surface area contributed by atoms with Gasteiger partial charge in [0.2, 0.25) is 5.91 Å². The summed E-state index contributed by atoms with van der Waals surface area (Å²) in [6.45, 7) is 7.50. The molecule has 1 saturated heterocycles. The maximum atomic E-state index is 12.1. The Morgan fingerprint density at radius 2 is 2.24 bits per heavy atom. The molecule has 0 aliphatic carbocycles. The Morgan fingerprint density at radius 3 is 2.82 bits per heavy atom. The predicted molar refractivity (Wildman–Crippen MR) is 65.7 cm³/mol. The smallest absolute Gasteiger partial charge is 0.224 e. The topological polar surface area (TPSA) is 50.2 Å². The van der Waals surface area contributed by atoms with E-state index in [1.54, 1.807) is 6.20 Å². The van der Waals surface area contributed by atoms with E-state index in [9.17, 15) is 4.79 Å². The second-order valence-electron chi connectivity index (χ2n) is 4.57. The van der Waals surface area contributed by atoms with Crippen LogP contribution in [0.1, 0.15) is 25.2 Å². The van der Waals surface area contributed by atoms with Crippen molar-refractivity contribution >= 4 is 5.91 Å². The van der Waals surface area contributed by atoms with Crippen molar-refractivity contribution in [3.63, 3.8) is 0 Å². The van der Waals surface area contributed by atoms with Gasteiger partial charge >= 0.3 is 0 Å². The zero-order valence-corrected chi connectivity index (χ0v) is 10.5. The van der Waals surface area contributed by atoms with Crippen LogP contribution in [-0.4, -0.2) is 46.5 Å². The molecule has 1 aliphatic rings. The van der Waals surface area contributed by atoms with Crippen molar-refractivity contribution < 1.29 is 4.79 Å². The summed E-state index contributed by atoms with van der Waals surface area (Å²) in [5, 5.41) is 3.25. The lowest BCUT2D eigenvalue weighted by atomic mass is 10.2. The highest BCUT2D eigenvalue weighted by molar-refractivity contribution is 5.76. The minimum Gasteiger partial charge on any atom is -0.340 e. The second kappa shape index (κ2) is 5.31. The van der Waals surface area contributed by atoms with Crippen LogP contribution in [0, 0.1) is 6.92 Å². The Morgan fingerprint density at radius 1 is 1.53 bits per heavy atom. The molecule has 1 unspecified atom stereocenters. The van der Waals surface area contributed by atoms with Crippen molar-refractivity contribution in [3.8, 4) is 0 Å². The molecular formula is C12H20N4O. The first-order chi connectivity index (χ1) is 8.18. The normalized spacial score (nSPS) is 18.1. The minimum atomic E-state index is 0.180. The third kappa shape index (κ3) is 2.85. The molecule has 1 N–H and O–H groups in total. The lowest BCUT2D eigenvalue weighted by molar-refractivity contribution is -0.132. The summed E-state index contributed by atoms with van der Waals surface area (Å²) in [5.41, 5.74) is 0. The van der Waals surface area contributed by atoms with E-state index in [0.29, 0.717) is 6.42 Å². The fourth-order valence-corrected chi connectivity index (χ4v) is 2.25. The molecule has 2 heterocycles. The van der Waals surface area contributed by atoms with Gasteiger partial charge in [-0.25, -0.2) is 4.98 Å². The number of nitrogens with zero attached hydrogens (tertiary/aromatic N) is 3. The molecule has 0 aromatic carbocycles. The van der Waals surface area contributed by atoms with E-state index >= 15 is 0 Å². The van der Waals surface area contributed by atoms with Gasteiger partial charge in [-0.15, -0.1) is 0 Å². The molecular weight excluding hydrogens is 216 g/mol. The van der Waals surface area contributed by atoms with Gasteiger partial charge in [0, 0.05) is 51.0 Å². The van der Waals surface area contributed by atoms with Gasteiger partial charge < -0.3 is 14.8 Å². The molecule has 1 aromatic rings. The number of hydrogen-bond donors (Lipinski definition) is 1. The number of rotatable bonds is 3. The van der Waals surface area contributed by atoms with Crippen molar-refractivity contribution in [1.82, 2.24) is 19.8 Å². The van der Waals surface area contributed by atoms with Crippen molar-refractivity contribution in [3.05, 3.63) is 18.2 Å². The third-order valence-corrected chi connectivity index (χ3v) is 3.28. The SMILES string of the molecule is Cc1nccn1C(C)CC(=O)N1CCNCC1. The predicted octanol–water partition coefficient (Wildman–Crippen LogP) is 0.574. The molecule has 17 heavy (non-hydrogen) atoms. The zero-order valence-electron chi connectivity index (χ0n) is 10.5. The molecule has 1 amide bonds. The average molecular weight is 236 g/mol. The minimum absolute atomic E-state index is 0.180. The Balaban J connectivity index is 1.92. The van der Waals surface area contributed by atoms with Crippen molar-refractivity contribution in [2.45, 2.75) is 26.3 Å². The molecule has 0 spiro atoms. The Kier molecular flexibility index (Phi) is 3.78. The summed E-state index contributed by atoms with van der Waals surface area (Å²) in [7, 11) is 0. The highest BCUT2D eigenvalue weighted by Crippen LogP contribution is 2.14. The van der Waals surface area contributed by atoms with E-state index in [1.165, 1.54) is 0 Å². The second-order valence-corrected chi connectivity index (χ2v) is 4.57. The van der Waals surface area contributed by atoms with Gasteiger partial charge in [-0.2, -0.15) is 0 Å². The largest absolute Gasteiger partial charge is 0.340 e. The van der Waals surface area contributed by atoms with E-state index in [2.05, 4.69) is 21.8 Å². The number of hydrogen-bond acceptors (Lipinski definition) is 3. The molecule has 5 nitrogen and oxygen atoms in total. The van der Waals surface area contributed by atoms with Crippen LogP contribution in [0.2, 0.25) is 0 Å². The lowest BCUT2D eigenvalue weighted by Gasteiger charge is -2.28. The highest BCUT2D eigenvalue weighted by atomic mass is 16.2. The van der Waals surface area contributed by atoms with Crippen LogP contribution in [0.25, 0.3) is 0 Å². The summed E-state index contributed by atoms with van der Waals surface area (Å²) in [5.74, 6) is 1.21. The summed E-state index contributed by atoms with van der Waals surface area (Å²) in [6, 6.07) is 0.180. The number of carbonyl (C=O) groups excluding carboxylic acids is 1. The Labute approximate surface area is 102 Å². The van der Waals surface area contributed by atoms with Crippen molar-refractivity contribution in [1.29, 1.82) is 0 Å². The fourth-order valence-electron chi connectivity index (χ4n) is 2.25. The number of aromatic nitrogens is 2. The maximum Gasteiger partial charge on any atom is 0.224 e. The van der Waals surface area contributed by atoms with Gasteiger partial charge in [0.05, 0.1) is 0 Å².